The van der Waals surface area contributed by atoms with E-state index in [-0.39, 0.29) is 5.91 Å². The largest absolute Gasteiger partial charge is 0.495 e. The number of carbonyl (C=O) groups is 1. The summed E-state index contributed by atoms with van der Waals surface area (Å²) < 4.78 is 5.76. The molecule has 1 aromatic rings. The van der Waals surface area contributed by atoms with Crippen LogP contribution < -0.4 is 4.74 Å². The number of nitrogens with zero attached hydrogens (tertiary/aromatic N) is 1. The lowest BCUT2D eigenvalue weighted by Gasteiger charge is -2.10. The number of hydrogen-bond donors (Lipinski definition) is 0. The number of thioether (sulfide) groups is 1. The molecular weight excluding hydrogens is 349 g/mol. The highest BCUT2D eigenvalue weighted by Crippen LogP contribution is 2.37. The molecule has 1 amide bonds. The molecule has 1 aromatic carbocycles. The molecule has 21 heavy (non-hydrogen) atoms. The molecule has 0 atom stereocenters. The maximum absolute atomic E-state index is 12.3. The Labute approximate surface area is 142 Å². The van der Waals surface area contributed by atoms with Crippen molar-refractivity contribution in [3.63, 3.8) is 0 Å². The van der Waals surface area contributed by atoms with E-state index in [1.165, 1.54) is 23.8 Å². The summed E-state index contributed by atoms with van der Waals surface area (Å²) in [4.78, 5) is 14.3. The molecule has 1 aliphatic rings. The molecule has 1 fully saturated rings. The van der Waals surface area contributed by atoms with Gasteiger partial charge in [-0.2, -0.15) is 0 Å². The van der Waals surface area contributed by atoms with Crippen LogP contribution in [0.2, 0.25) is 10.0 Å². The minimum absolute atomic E-state index is 0.164. The van der Waals surface area contributed by atoms with Crippen LogP contribution in [-0.4, -0.2) is 28.8 Å². The van der Waals surface area contributed by atoms with Gasteiger partial charge in [0.1, 0.15) is 10.1 Å². The number of methoxy groups -OCH3 is 1. The van der Waals surface area contributed by atoms with Gasteiger partial charge in [-0.25, -0.2) is 0 Å². The molecule has 0 radical (unpaired) electrons. The summed E-state index contributed by atoms with van der Waals surface area (Å²) in [6.07, 6.45) is 3.31. The van der Waals surface area contributed by atoms with Crippen molar-refractivity contribution in [2.24, 2.45) is 0 Å². The third-order valence-electron chi connectivity index (χ3n) is 2.71. The van der Waals surface area contributed by atoms with Crippen LogP contribution in [0.15, 0.2) is 29.7 Å². The second-order valence-electron chi connectivity index (χ2n) is 4.09. The Kier molecular flexibility index (Phi) is 5.32. The van der Waals surface area contributed by atoms with E-state index in [0.29, 0.717) is 37.1 Å². The van der Waals surface area contributed by atoms with E-state index >= 15 is 0 Å². The summed E-state index contributed by atoms with van der Waals surface area (Å²) >= 11 is 18.5. The summed E-state index contributed by atoms with van der Waals surface area (Å²) in [7, 11) is 1.51. The zero-order valence-electron chi connectivity index (χ0n) is 11.1. The first kappa shape index (κ1) is 16.4. The van der Waals surface area contributed by atoms with Crippen LogP contribution >= 0.6 is 47.2 Å². The highest BCUT2D eigenvalue weighted by Gasteiger charge is 2.31. The summed E-state index contributed by atoms with van der Waals surface area (Å²) in [6.45, 7) is 4.00. The molecule has 7 heteroatoms. The Balaban J connectivity index is 2.43. The molecule has 0 unspecified atom stereocenters. The molecule has 1 heterocycles. The van der Waals surface area contributed by atoms with Crippen molar-refractivity contribution in [1.29, 1.82) is 0 Å². The van der Waals surface area contributed by atoms with Crippen LogP contribution in [0.5, 0.6) is 5.75 Å². The predicted octanol–water partition coefficient (Wildman–Crippen LogP) is 4.39. The molecule has 1 aliphatic heterocycles. The maximum Gasteiger partial charge on any atom is 0.266 e. The van der Waals surface area contributed by atoms with Gasteiger partial charge in [-0.1, -0.05) is 53.3 Å². The van der Waals surface area contributed by atoms with Gasteiger partial charge in [0.25, 0.3) is 5.91 Å². The van der Waals surface area contributed by atoms with Gasteiger partial charge in [0, 0.05) is 17.1 Å². The Bertz CT molecular complexity index is 659. The van der Waals surface area contributed by atoms with E-state index < -0.39 is 0 Å². The molecule has 110 valence electrons. The van der Waals surface area contributed by atoms with Gasteiger partial charge < -0.3 is 4.74 Å². The first-order valence-corrected chi connectivity index (χ1v) is 7.85. The van der Waals surface area contributed by atoms with E-state index in [0.717, 1.165) is 0 Å². The molecule has 3 nitrogen and oxygen atoms in total. The second-order valence-corrected chi connectivity index (χ2v) is 6.61. The van der Waals surface area contributed by atoms with Crippen LogP contribution in [-0.2, 0) is 4.79 Å². The maximum atomic E-state index is 12.3. The number of halogens is 2. The van der Waals surface area contributed by atoms with Gasteiger partial charge >= 0.3 is 0 Å². The summed E-state index contributed by atoms with van der Waals surface area (Å²) in [6, 6.07) is 3.27. The molecule has 2 rings (SSSR count). The van der Waals surface area contributed by atoms with E-state index in [2.05, 4.69) is 6.58 Å². The van der Waals surface area contributed by atoms with Gasteiger partial charge in [0.15, 0.2) is 0 Å². The zero-order valence-corrected chi connectivity index (χ0v) is 14.2. The minimum atomic E-state index is -0.164. The van der Waals surface area contributed by atoms with Gasteiger partial charge in [-0.15, -0.1) is 6.58 Å². The second kappa shape index (κ2) is 6.83. The first-order valence-electron chi connectivity index (χ1n) is 5.87. The topological polar surface area (TPSA) is 29.5 Å². The van der Waals surface area contributed by atoms with Crippen molar-refractivity contribution < 1.29 is 9.53 Å². The van der Waals surface area contributed by atoms with Crippen LogP contribution in [0.3, 0.4) is 0 Å². The third kappa shape index (κ3) is 3.43. The number of carbonyl (C=O) groups excluding carboxylic acids is 1. The van der Waals surface area contributed by atoms with Crippen molar-refractivity contribution in [1.82, 2.24) is 4.90 Å². The Morgan fingerprint density at radius 3 is 2.81 bits per heavy atom. The van der Waals surface area contributed by atoms with Crippen LogP contribution in [0, 0.1) is 0 Å². The Morgan fingerprint density at radius 2 is 2.19 bits per heavy atom. The van der Waals surface area contributed by atoms with E-state index in [9.17, 15) is 4.79 Å². The molecule has 0 spiro atoms. The van der Waals surface area contributed by atoms with Gasteiger partial charge in [-0.05, 0) is 18.2 Å². The summed E-state index contributed by atoms with van der Waals surface area (Å²) in [5, 5.41) is 0.853. The fourth-order valence-electron chi connectivity index (χ4n) is 1.83. The highest BCUT2D eigenvalue weighted by molar-refractivity contribution is 8.26. The van der Waals surface area contributed by atoms with Crippen molar-refractivity contribution in [3.05, 3.63) is 45.3 Å². The fraction of sp³-hybridized carbons (Fsp3) is 0.143. The monoisotopic (exact) mass is 359 g/mol. The Hall–Kier alpha value is -1.01. The van der Waals surface area contributed by atoms with Crippen molar-refractivity contribution in [2.75, 3.05) is 13.7 Å². The number of hydrogen-bond acceptors (Lipinski definition) is 4. The molecule has 0 aromatic heterocycles. The number of amides is 1. The Morgan fingerprint density at radius 1 is 1.48 bits per heavy atom. The highest BCUT2D eigenvalue weighted by atomic mass is 35.5. The average molecular weight is 360 g/mol. The third-order valence-corrected chi connectivity index (χ3v) is 4.59. The van der Waals surface area contributed by atoms with Crippen LogP contribution in [0.25, 0.3) is 6.08 Å². The molecule has 0 aliphatic carbocycles. The molecular formula is C14H11Cl2NO2S2. The number of thiocarbonyl (C=S) groups is 1. The number of rotatable bonds is 4. The van der Waals surface area contributed by atoms with E-state index in [1.807, 2.05) is 0 Å². The van der Waals surface area contributed by atoms with Gasteiger partial charge in [0.05, 0.1) is 17.0 Å². The normalized spacial score (nSPS) is 16.7. The lowest BCUT2D eigenvalue weighted by atomic mass is 10.2. The van der Waals surface area contributed by atoms with Crippen molar-refractivity contribution in [3.8, 4) is 5.75 Å². The zero-order chi connectivity index (χ0) is 15.6. The predicted molar refractivity (Wildman–Crippen MR) is 93.1 cm³/mol. The SMILES string of the molecule is C=CCN1C(=O)/C(=C/c2cc(Cl)cc(Cl)c2OC)SC1=S. The van der Waals surface area contributed by atoms with Crippen LogP contribution in [0.1, 0.15) is 5.56 Å². The van der Waals surface area contributed by atoms with E-state index in [4.69, 9.17) is 40.2 Å². The number of benzene rings is 1. The number of ether oxygens (including phenoxy) is 1. The summed E-state index contributed by atoms with van der Waals surface area (Å²) in [5.41, 5.74) is 0.633. The lowest BCUT2D eigenvalue weighted by Crippen LogP contribution is -2.27. The molecule has 1 saturated heterocycles. The van der Waals surface area contributed by atoms with Gasteiger partial charge in [0.2, 0.25) is 0 Å². The molecule has 0 N–H and O–H groups in total. The lowest BCUT2D eigenvalue weighted by molar-refractivity contribution is -0.121. The standard InChI is InChI=1S/C14H11Cl2NO2S2/c1-3-4-17-13(18)11(21-14(17)20)6-8-5-9(15)7-10(16)12(8)19-2/h3,5-7H,1,4H2,2H3/b11-6-. The minimum Gasteiger partial charge on any atom is -0.495 e. The van der Waals surface area contributed by atoms with Crippen molar-refractivity contribution >= 4 is 63.5 Å². The molecule has 0 saturated carbocycles. The van der Waals surface area contributed by atoms with Gasteiger partial charge in [-0.3, -0.25) is 9.69 Å². The average Bonchev–Trinajstić information content (AvgIpc) is 2.66. The quantitative estimate of drug-likeness (QED) is 0.453. The van der Waals surface area contributed by atoms with Crippen LogP contribution in [0.4, 0.5) is 0 Å². The first-order chi connectivity index (χ1) is 9.97. The smallest absolute Gasteiger partial charge is 0.266 e. The summed E-state index contributed by atoms with van der Waals surface area (Å²) in [5.74, 6) is 0.304. The van der Waals surface area contributed by atoms with Crippen molar-refractivity contribution in [2.45, 2.75) is 0 Å². The fourth-order valence-corrected chi connectivity index (χ4v) is 3.68. The van der Waals surface area contributed by atoms with E-state index in [1.54, 1.807) is 24.3 Å². The molecule has 0 bridgehead atoms.